The number of allylic oxidation sites excluding steroid dienone is 1. The molecule has 3 aromatic rings. The van der Waals surface area contributed by atoms with E-state index in [0.717, 1.165) is 0 Å². The van der Waals surface area contributed by atoms with Gasteiger partial charge in [-0.1, -0.05) is 6.07 Å². The normalized spacial score (nSPS) is 13.0. The van der Waals surface area contributed by atoms with E-state index < -0.39 is 5.97 Å². The fourth-order valence-corrected chi connectivity index (χ4v) is 3.82. The number of fused-ring (bicyclic) bond motifs is 1. The molecule has 0 saturated carbocycles. The topological polar surface area (TPSA) is 98.8 Å². The highest BCUT2D eigenvalue weighted by Gasteiger charge is 2.29. The van der Waals surface area contributed by atoms with Crippen molar-refractivity contribution in [1.82, 2.24) is 0 Å². The number of rotatable bonds is 8. The number of carbonyl (C=O) groups is 2. The lowest BCUT2D eigenvalue weighted by molar-refractivity contribution is 0.0727. The fraction of sp³-hybridized carbons (Fsp3) is 0.185. The van der Waals surface area contributed by atoms with Crippen LogP contribution in [0.25, 0.3) is 6.08 Å². The van der Waals surface area contributed by atoms with Gasteiger partial charge in [0.05, 0.1) is 41.1 Å². The van der Waals surface area contributed by atoms with Crippen LogP contribution in [0.15, 0.2) is 54.3 Å². The van der Waals surface area contributed by atoms with Crippen molar-refractivity contribution in [2.45, 2.75) is 0 Å². The molecule has 0 aliphatic carbocycles. The minimum Gasteiger partial charge on any atom is -0.496 e. The third kappa shape index (κ3) is 4.38. The van der Waals surface area contributed by atoms with E-state index in [1.165, 1.54) is 53.7 Å². The Morgan fingerprint density at radius 1 is 0.778 bits per heavy atom. The molecule has 1 aliphatic heterocycles. The zero-order chi connectivity index (χ0) is 25.8. The van der Waals surface area contributed by atoms with Gasteiger partial charge in [0.1, 0.15) is 28.6 Å². The third-order valence-corrected chi connectivity index (χ3v) is 5.51. The zero-order valence-corrected chi connectivity index (χ0v) is 20.4. The molecule has 1 aliphatic rings. The van der Waals surface area contributed by atoms with Gasteiger partial charge in [0.2, 0.25) is 11.5 Å². The van der Waals surface area contributed by atoms with Gasteiger partial charge in [-0.3, -0.25) is 4.79 Å². The van der Waals surface area contributed by atoms with Crippen LogP contribution in [0.5, 0.6) is 40.2 Å². The van der Waals surface area contributed by atoms with Gasteiger partial charge < -0.3 is 33.2 Å². The standard InChI is InChI=1S/C27H24O9/c1-30-18-7-6-8-19(31-2)23(18)27(29)35-16-10-11-17-21(14-16)36-22(24(17)28)13-15-9-12-20(32-3)26(34-5)25(15)33-4/h6-14H,1-5H3/b22-13-. The molecule has 0 saturated heterocycles. The fourth-order valence-electron chi connectivity index (χ4n) is 3.82. The van der Waals surface area contributed by atoms with Gasteiger partial charge in [-0.2, -0.15) is 0 Å². The first-order valence-corrected chi connectivity index (χ1v) is 10.8. The van der Waals surface area contributed by atoms with Crippen molar-refractivity contribution in [3.8, 4) is 40.2 Å². The molecule has 0 unspecified atom stereocenters. The number of esters is 1. The quantitative estimate of drug-likeness (QED) is 0.254. The highest BCUT2D eigenvalue weighted by Crippen LogP contribution is 2.42. The maximum Gasteiger partial charge on any atom is 0.351 e. The molecule has 9 nitrogen and oxygen atoms in total. The summed E-state index contributed by atoms with van der Waals surface area (Å²) in [5.74, 6) is 1.37. The third-order valence-electron chi connectivity index (χ3n) is 5.51. The van der Waals surface area contributed by atoms with E-state index in [-0.39, 0.29) is 28.6 Å². The molecule has 0 fully saturated rings. The van der Waals surface area contributed by atoms with Crippen molar-refractivity contribution in [2.24, 2.45) is 0 Å². The van der Waals surface area contributed by atoms with Crippen molar-refractivity contribution in [1.29, 1.82) is 0 Å². The average molecular weight is 492 g/mol. The van der Waals surface area contributed by atoms with Gasteiger partial charge in [0.25, 0.3) is 0 Å². The highest BCUT2D eigenvalue weighted by atomic mass is 16.5. The van der Waals surface area contributed by atoms with E-state index in [2.05, 4.69) is 0 Å². The minimum atomic E-state index is -0.681. The summed E-state index contributed by atoms with van der Waals surface area (Å²) >= 11 is 0. The molecule has 186 valence electrons. The summed E-state index contributed by atoms with van der Waals surface area (Å²) in [5.41, 5.74) is 1.03. The first kappa shape index (κ1) is 24.5. The predicted octanol–water partition coefficient (Wildman–Crippen LogP) is 4.57. The van der Waals surface area contributed by atoms with Crippen LogP contribution in [0.3, 0.4) is 0 Å². The zero-order valence-electron chi connectivity index (χ0n) is 20.4. The van der Waals surface area contributed by atoms with E-state index >= 15 is 0 Å². The van der Waals surface area contributed by atoms with Gasteiger partial charge in [0, 0.05) is 11.6 Å². The van der Waals surface area contributed by atoms with Crippen LogP contribution in [0.1, 0.15) is 26.3 Å². The summed E-state index contributed by atoms with van der Waals surface area (Å²) in [6.45, 7) is 0. The van der Waals surface area contributed by atoms with Crippen LogP contribution >= 0.6 is 0 Å². The molecule has 0 aromatic heterocycles. The van der Waals surface area contributed by atoms with Gasteiger partial charge in [-0.25, -0.2) is 4.79 Å². The summed E-state index contributed by atoms with van der Waals surface area (Å²) in [6, 6.07) is 12.9. The monoisotopic (exact) mass is 492 g/mol. The molecule has 1 heterocycles. The van der Waals surface area contributed by atoms with Gasteiger partial charge >= 0.3 is 5.97 Å². The molecule has 36 heavy (non-hydrogen) atoms. The summed E-state index contributed by atoms with van der Waals surface area (Å²) < 4.78 is 38.1. The molecular weight excluding hydrogens is 468 g/mol. The number of benzene rings is 3. The van der Waals surface area contributed by atoms with E-state index in [0.29, 0.717) is 39.9 Å². The molecule has 0 spiro atoms. The van der Waals surface area contributed by atoms with Crippen LogP contribution in [-0.4, -0.2) is 47.3 Å². The second-order valence-corrected chi connectivity index (χ2v) is 7.45. The van der Waals surface area contributed by atoms with Crippen molar-refractivity contribution in [2.75, 3.05) is 35.5 Å². The predicted molar refractivity (Wildman–Crippen MR) is 130 cm³/mol. The molecular formula is C27H24O9. The number of carbonyl (C=O) groups excluding carboxylic acids is 2. The Balaban J connectivity index is 1.62. The summed E-state index contributed by atoms with van der Waals surface area (Å²) in [4.78, 5) is 25.9. The van der Waals surface area contributed by atoms with Crippen molar-refractivity contribution < 1.29 is 42.7 Å². The van der Waals surface area contributed by atoms with Crippen LogP contribution in [0, 0.1) is 0 Å². The number of Topliss-reactive ketones (excluding diaryl/α,β-unsaturated/α-hetero) is 1. The van der Waals surface area contributed by atoms with Gasteiger partial charge in [-0.05, 0) is 42.5 Å². The Hall–Kier alpha value is -4.66. The Morgan fingerprint density at radius 3 is 2.06 bits per heavy atom. The first-order chi connectivity index (χ1) is 17.4. The molecule has 0 atom stereocenters. The van der Waals surface area contributed by atoms with Gasteiger partial charge in [-0.15, -0.1) is 0 Å². The van der Waals surface area contributed by atoms with E-state index in [9.17, 15) is 9.59 Å². The number of ketones is 1. The minimum absolute atomic E-state index is 0.0744. The Morgan fingerprint density at radius 2 is 1.44 bits per heavy atom. The van der Waals surface area contributed by atoms with Gasteiger partial charge in [0.15, 0.2) is 17.3 Å². The lowest BCUT2D eigenvalue weighted by Gasteiger charge is -2.14. The lowest BCUT2D eigenvalue weighted by atomic mass is 10.1. The van der Waals surface area contributed by atoms with Crippen LogP contribution in [0.4, 0.5) is 0 Å². The molecule has 0 amide bonds. The summed E-state index contributed by atoms with van der Waals surface area (Å²) in [5, 5.41) is 0. The SMILES string of the molecule is COc1ccc(/C=C2\Oc3cc(OC(=O)c4c(OC)cccc4OC)ccc3C2=O)c(OC)c1OC. The molecule has 0 bridgehead atoms. The molecule has 4 rings (SSSR count). The summed E-state index contributed by atoms with van der Waals surface area (Å²) in [6.07, 6.45) is 1.55. The average Bonchev–Trinajstić information content (AvgIpc) is 3.21. The van der Waals surface area contributed by atoms with E-state index in [1.54, 1.807) is 36.4 Å². The Labute approximate surface area is 207 Å². The number of methoxy groups -OCH3 is 5. The first-order valence-electron chi connectivity index (χ1n) is 10.8. The Kier molecular flexibility index (Phi) is 7.00. The maximum absolute atomic E-state index is 13.0. The molecule has 0 N–H and O–H groups in total. The molecule has 0 radical (unpaired) electrons. The van der Waals surface area contributed by atoms with Crippen LogP contribution < -0.4 is 33.2 Å². The van der Waals surface area contributed by atoms with Crippen molar-refractivity contribution in [3.63, 3.8) is 0 Å². The largest absolute Gasteiger partial charge is 0.496 e. The molecule has 3 aromatic carbocycles. The second kappa shape index (κ2) is 10.3. The Bertz CT molecular complexity index is 1340. The highest BCUT2D eigenvalue weighted by molar-refractivity contribution is 6.14. The van der Waals surface area contributed by atoms with Crippen molar-refractivity contribution >= 4 is 17.8 Å². The van der Waals surface area contributed by atoms with Crippen LogP contribution in [-0.2, 0) is 0 Å². The van der Waals surface area contributed by atoms with E-state index in [1.807, 2.05) is 0 Å². The maximum atomic E-state index is 13.0. The molecule has 9 heteroatoms. The number of hydrogen-bond donors (Lipinski definition) is 0. The summed E-state index contributed by atoms with van der Waals surface area (Å²) in [7, 11) is 7.39. The lowest BCUT2D eigenvalue weighted by Crippen LogP contribution is -2.12. The van der Waals surface area contributed by atoms with E-state index in [4.69, 9.17) is 33.2 Å². The number of hydrogen-bond acceptors (Lipinski definition) is 9. The second-order valence-electron chi connectivity index (χ2n) is 7.45. The van der Waals surface area contributed by atoms with Crippen molar-refractivity contribution in [3.05, 3.63) is 71.0 Å². The smallest absolute Gasteiger partial charge is 0.351 e. The van der Waals surface area contributed by atoms with Crippen LogP contribution in [0.2, 0.25) is 0 Å². The number of ether oxygens (including phenoxy) is 7.